The maximum Gasteiger partial charge on any atom is 0.0976 e. The molecule has 4 heteroatoms. The predicted octanol–water partition coefficient (Wildman–Crippen LogP) is 4.88. The smallest absolute Gasteiger partial charge is 0.0976 e. The van der Waals surface area contributed by atoms with Gasteiger partial charge in [-0.05, 0) is 45.4 Å². The van der Waals surface area contributed by atoms with Gasteiger partial charge in [0.05, 0.1) is 21.2 Å². The minimum absolute atomic E-state index is 0.0522. The highest BCUT2D eigenvalue weighted by molar-refractivity contribution is 7.84. The SMILES string of the molecule is Cc1cccc([C@@H](Cc2ccc3ccccc3n2)NS(=O)C(C)(C)C)c1. The zero-order valence-corrected chi connectivity index (χ0v) is 16.6. The topological polar surface area (TPSA) is 42.0 Å². The molecule has 0 radical (unpaired) electrons. The zero-order chi connectivity index (χ0) is 18.7. The molecular formula is C22H26N2OS. The number of aromatic nitrogens is 1. The van der Waals surface area contributed by atoms with E-state index >= 15 is 0 Å². The maximum atomic E-state index is 12.7. The Kier molecular flexibility index (Phi) is 5.54. The summed E-state index contributed by atoms with van der Waals surface area (Å²) < 4.78 is 15.7. The molecule has 0 bridgehead atoms. The summed E-state index contributed by atoms with van der Waals surface area (Å²) in [5.74, 6) is 0. The number of rotatable bonds is 5. The quantitative estimate of drug-likeness (QED) is 0.699. The Bertz CT molecular complexity index is 931. The van der Waals surface area contributed by atoms with E-state index in [0.29, 0.717) is 6.42 Å². The number of aryl methyl sites for hydroxylation is 1. The van der Waals surface area contributed by atoms with Gasteiger partial charge in [0.1, 0.15) is 0 Å². The summed E-state index contributed by atoms with van der Waals surface area (Å²) in [6.07, 6.45) is 0.691. The number of fused-ring (bicyclic) bond motifs is 1. The van der Waals surface area contributed by atoms with Crippen molar-refractivity contribution in [1.29, 1.82) is 0 Å². The fourth-order valence-corrected chi connectivity index (χ4v) is 3.68. The molecule has 0 saturated carbocycles. The Balaban J connectivity index is 1.92. The summed E-state index contributed by atoms with van der Waals surface area (Å²) in [4.78, 5) is 4.79. The van der Waals surface area contributed by atoms with Crippen LogP contribution in [-0.4, -0.2) is 13.9 Å². The normalized spacial score (nSPS) is 14.3. The molecule has 1 aromatic heterocycles. The number of hydrogen-bond donors (Lipinski definition) is 1. The number of benzene rings is 2. The highest BCUT2D eigenvalue weighted by Gasteiger charge is 2.24. The molecule has 1 heterocycles. The van der Waals surface area contributed by atoms with Gasteiger partial charge in [0.25, 0.3) is 0 Å². The van der Waals surface area contributed by atoms with E-state index in [1.165, 1.54) is 5.56 Å². The van der Waals surface area contributed by atoms with Crippen molar-refractivity contribution < 1.29 is 4.21 Å². The first-order chi connectivity index (χ1) is 12.3. The van der Waals surface area contributed by atoms with Crippen LogP contribution in [-0.2, 0) is 17.4 Å². The van der Waals surface area contributed by atoms with Crippen molar-refractivity contribution >= 4 is 21.9 Å². The molecule has 0 aliphatic heterocycles. The van der Waals surface area contributed by atoms with Crippen molar-refractivity contribution in [3.05, 3.63) is 77.5 Å². The number of para-hydroxylation sites is 1. The molecule has 2 aromatic carbocycles. The van der Waals surface area contributed by atoms with Crippen LogP contribution >= 0.6 is 0 Å². The van der Waals surface area contributed by atoms with Gasteiger partial charge < -0.3 is 0 Å². The average molecular weight is 367 g/mol. The second-order valence-electron chi connectivity index (χ2n) is 7.67. The molecule has 3 rings (SSSR count). The molecule has 26 heavy (non-hydrogen) atoms. The lowest BCUT2D eigenvalue weighted by Gasteiger charge is -2.25. The van der Waals surface area contributed by atoms with Crippen LogP contribution in [0.3, 0.4) is 0 Å². The molecule has 0 saturated heterocycles. The fourth-order valence-electron chi connectivity index (χ4n) is 2.85. The van der Waals surface area contributed by atoms with Crippen LogP contribution in [0.4, 0.5) is 0 Å². The van der Waals surface area contributed by atoms with Crippen LogP contribution in [0, 0.1) is 6.92 Å². The van der Waals surface area contributed by atoms with Gasteiger partial charge in [0.15, 0.2) is 0 Å². The summed E-state index contributed by atoms with van der Waals surface area (Å²) in [6, 6.07) is 20.6. The van der Waals surface area contributed by atoms with Gasteiger partial charge in [-0.1, -0.05) is 54.1 Å². The van der Waals surface area contributed by atoms with E-state index in [1.54, 1.807) is 0 Å². The molecule has 0 amide bonds. The lowest BCUT2D eigenvalue weighted by molar-refractivity contribution is 0.593. The molecule has 0 aliphatic rings. The monoisotopic (exact) mass is 366 g/mol. The third-order valence-corrected chi connectivity index (χ3v) is 5.93. The predicted molar refractivity (Wildman–Crippen MR) is 110 cm³/mol. The van der Waals surface area contributed by atoms with E-state index in [-0.39, 0.29) is 10.8 Å². The highest BCUT2D eigenvalue weighted by atomic mass is 32.2. The van der Waals surface area contributed by atoms with E-state index in [4.69, 9.17) is 4.98 Å². The molecule has 2 atom stereocenters. The van der Waals surface area contributed by atoms with Gasteiger partial charge in [-0.2, -0.15) is 0 Å². The number of nitrogens with one attached hydrogen (secondary N) is 1. The van der Waals surface area contributed by atoms with Gasteiger partial charge in [-0.3, -0.25) is 4.98 Å². The van der Waals surface area contributed by atoms with Crippen LogP contribution in [0.1, 0.15) is 43.6 Å². The standard InChI is InChI=1S/C22H26N2OS/c1-16-8-7-10-18(14-16)21(24-26(25)22(2,3)4)15-19-13-12-17-9-5-6-11-20(17)23-19/h5-14,21,24H,15H2,1-4H3/t21-,26?/m1/s1. The maximum absolute atomic E-state index is 12.7. The number of hydrogen-bond acceptors (Lipinski definition) is 2. The summed E-state index contributed by atoms with van der Waals surface area (Å²) in [5.41, 5.74) is 4.32. The zero-order valence-electron chi connectivity index (χ0n) is 15.8. The van der Waals surface area contributed by atoms with Crippen molar-refractivity contribution in [3.8, 4) is 0 Å². The van der Waals surface area contributed by atoms with E-state index in [9.17, 15) is 4.21 Å². The third kappa shape index (κ3) is 4.57. The van der Waals surface area contributed by atoms with Crippen LogP contribution in [0.2, 0.25) is 0 Å². The lowest BCUT2D eigenvalue weighted by atomic mass is 10.0. The Labute approximate surface area is 158 Å². The van der Waals surface area contributed by atoms with Crippen LogP contribution in [0.25, 0.3) is 10.9 Å². The molecule has 0 fully saturated rings. The first-order valence-electron chi connectivity index (χ1n) is 8.92. The Morgan fingerprint density at radius 2 is 1.81 bits per heavy atom. The number of pyridine rings is 1. The van der Waals surface area contributed by atoms with Crippen molar-refractivity contribution in [1.82, 2.24) is 9.71 Å². The second kappa shape index (κ2) is 7.68. The van der Waals surface area contributed by atoms with Gasteiger partial charge >= 0.3 is 0 Å². The number of nitrogens with zero attached hydrogens (tertiary/aromatic N) is 1. The minimum atomic E-state index is -1.15. The van der Waals surface area contributed by atoms with Gasteiger partial charge in [-0.15, -0.1) is 0 Å². The highest BCUT2D eigenvalue weighted by Crippen LogP contribution is 2.23. The molecule has 0 aliphatic carbocycles. The van der Waals surface area contributed by atoms with Crippen molar-refractivity contribution in [2.24, 2.45) is 0 Å². The summed E-state index contributed by atoms with van der Waals surface area (Å²) in [5, 5.41) is 1.13. The van der Waals surface area contributed by atoms with E-state index in [2.05, 4.69) is 48.0 Å². The van der Waals surface area contributed by atoms with Gasteiger partial charge in [0.2, 0.25) is 0 Å². The molecular weight excluding hydrogens is 340 g/mol. The van der Waals surface area contributed by atoms with Crippen molar-refractivity contribution in [2.45, 2.75) is 44.9 Å². The van der Waals surface area contributed by atoms with E-state index < -0.39 is 11.0 Å². The molecule has 3 aromatic rings. The minimum Gasteiger partial charge on any atom is -0.253 e. The average Bonchev–Trinajstić information content (AvgIpc) is 2.60. The van der Waals surface area contributed by atoms with E-state index in [1.807, 2.05) is 45.0 Å². The third-order valence-electron chi connectivity index (χ3n) is 4.32. The molecule has 1 N–H and O–H groups in total. The summed E-state index contributed by atoms with van der Waals surface area (Å²) >= 11 is 0. The van der Waals surface area contributed by atoms with Crippen LogP contribution in [0.15, 0.2) is 60.7 Å². The Morgan fingerprint density at radius 3 is 2.54 bits per heavy atom. The lowest BCUT2D eigenvalue weighted by Crippen LogP contribution is -2.36. The molecule has 136 valence electrons. The second-order valence-corrected chi connectivity index (χ2v) is 9.66. The first-order valence-corrected chi connectivity index (χ1v) is 10.1. The van der Waals surface area contributed by atoms with Crippen LogP contribution < -0.4 is 4.72 Å². The van der Waals surface area contributed by atoms with Crippen molar-refractivity contribution in [2.75, 3.05) is 0 Å². The van der Waals surface area contributed by atoms with Gasteiger partial charge in [0, 0.05) is 23.5 Å². The Hall–Kier alpha value is -2.04. The molecule has 0 spiro atoms. The largest absolute Gasteiger partial charge is 0.253 e. The molecule has 3 nitrogen and oxygen atoms in total. The van der Waals surface area contributed by atoms with Crippen LogP contribution in [0.5, 0.6) is 0 Å². The Morgan fingerprint density at radius 1 is 1.04 bits per heavy atom. The van der Waals surface area contributed by atoms with E-state index in [0.717, 1.165) is 22.2 Å². The van der Waals surface area contributed by atoms with Gasteiger partial charge in [-0.25, -0.2) is 8.93 Å². The summed E-state index contributed by atoms with van der Waals surface area (Å²) in [7, 11) is -1.15. The summed E-state index contributed by atoms with van der Waals surface area (Å²) in [6.45, 7) is 8.03. The fraction of sp³-hybridized carbons (Fsp3) is 0.318. The first kappa shape index (κ1) is 18.7. The van der Waals surface area contributed by atoms with Crippen molar-refractivity contribution in [3.63, 3.8) is 0 Å². The molecule has 1 unspecified atom stereocenters.